The Labute approximate surface area is 123 Å². The minimum atomic E-state index is -0.410. The lowest BCUT2D eigenvalue weighted by Gasteiger charge is -2.07. The third kappa shape index (κ3) is 3.97. The smallest absolute Gasteiger partial charge is 0.350 e. The number of hydrogen-bond acceptors (Lipinski definition) is 5. The number of rotatable bonds is 5. The first-order valence-corrected chi connectivity index (χ1v) is 7.22. The van der Waals surface area contributed by atoms with Crippen molar-refractivity contribution in [2.24, 2.45) is 0 Å². The minimum absolute atomic E-state index is 0.187. The van der Waals surface area contributed by atoms with E-state index in [1.54, 1.807) is 11.4 Å². The van der Waals surface area contributed by atoms with Crippen molar-refractivity contribution in [2.45, 2.75) is 0 Å². The second-order valence-electron chi connectivity index (χ2n) is 3.64. The normalized spacial score (nSPS) is 10.2. The monoisotopic (exact) mass is 341 g/mol. The van der Waals surface area contributed by atoms with Gasteiger partial charge in [0.25, 0.3) is 0 Å². The summed E-state index contributed by atoms with van der Waals surface area (Å²) in [6.45, 7) is 0.491. The summed E-state index contributed by atoms with van der Waals surface area (Å²) in [5.41, 5.74) is 6.07. The van der Waals surface area contributed by atoms with Crippen molar-refractivity contribution in [3.8, 4) is 5.75 Å². The van der Waals surface area contributed by atoms with Crippen LogP contribution in [0.4, 0.5) is 5.69 Å². The average Bonchev–Trinajstić information content (AvgIpc) is 2.83. The summed E-state index contributed by atoms with van der Waals surface area (Å²) in [5, 5.41) is 1.75. The summed E-state index contributed by atoms with van der Waals surface area (Å²) in [4.78, 5) is 12.1. The Morgan fingerprint density at radius 2 is 1.95 bits per heavy atom. The van der Waals surface area contributed by atoms with Crippen LogP contribution in [0.2, 0.25) is 0 Å². The van der Waals surface area contributed by atoms with Crippen LogP contribution in [0.3, 0.4) is 0 Å². The number of carbonyl (C=O) groups is 1. The third-order valence-electron chi connectivity index (χ3n) is 2.28. The highest BCUT2D eigenvalue weighted by atomic mass is 79.9. The fourth-order valence-corrected chi connectivity index (χ4v) is 2.35. The Kier molecular flexibility index (Phi) is 4.81. The maximum absolute atomic E-state index is 11.6. The number of anilines is 1. The number of halogens is 1. The van der Waals surface area contributed by atoms with E-state index in [9.17, 15) is 4.79 Å². The molecule has 6 heteroatoms. The molecular formula is C13H12BrNO3S. The second kappa shape index (κ2) is 6.58. The molecule has 1 aromatic carbocycles. The van der Waals surface area contributed by atoms with E-state index < -0.39 is 5.97 Å². The van der Waals surface area contributed by atoms with Crippen molar-refractivity contribution >= 4 is 38.9 Å². The van der Waals surface area contributed by atoms with Gasteiger partial charge in [-0.3, -0.25) is 0 Å². The molecule has 0 aliphatic heterocycles. The molecule has 2 N–H and O–H groups in total. The molecule has 0 aliphatic carbocycles. The van der Waals surface area contributed by atoms with E-state index in [0.29, 0.717) is 17.2 Å². The molecule has 0 spiro atoms. The highest BCUT2D eigenvalue weighted by Crippen LogP contribution is 2.19. The zero-order chi connectivity index (χ0) is 13.7. The van der Waals surface area contributed by atoms with Crippen LogP contribution in [-0.2, 0) is 4.74 Å². The Hall–Kier alpha value is -1.53. The molecule has 0 bridgehead atoms. The van der Waals surface area contributed by atoms with Crippen molar-refractivity contribution < 1.29 is 14.3 Å². The van der Waals surface area contributed by atoms with Crippen LogP contribution < -0.4 is 10.5 Å². The SMILES string of the molecule is Nc1ccsc1C(=O)OCCOc1ccc(Br)cc1. The van der Waals surface area contributed by atoms with Crippen LogP contribution in [0.25, 0.3) is 0 Å². The first-order chi connectivity index (χ1) is 9.16. The van der Waals surface area contributed by atoms with Crippen LogP contribution in [0, 0.1) is 0 Å². The molecule has 4 nitrogen and oxygen atoms in total. The van der Waals surface area contributed by atoms with Crippen LogP contribution in [0.5, 0.6) is 5.75 Å². The van der Waals surface area contributed by atoms with Gasteiger partial charge in [0.15, 0.2) is 0 Å². The maximum Gasteiger partial charge on any atom is 0.350 e. The van der Waals surface area contributed by atoms with Gasteiger partial charge in [-0.05, 0) is 35.7 Å². The number of hydrogen-bond donors (Lipinski definition) is 1. The number of benzene rings is 1. The average molecular weight is 342 g/mol. The number of nitrogen functional groups attached to an aromatic ring is 1. The summed E-state index contributed by atoms with van der Waals surface area (Å²) in [6, 6.07) is 9.12. The van der Waals surface area contributed by atoms with Gasteiger partial charge in [0.05, 0.1) is 5.69 Å². The molecule has 100 valence electrons. The zero-order valence-corrected chi connectivity index (χ0v) is 12.4. The first kappa shape index (κ1) is 13.9. The Bertz CT molecular complexity index is 553. The van der Waals surface area contributed by atoms with Gasteiger partial charge < -0.3 is 15.2 Å². The highest BCUT2D eigenvalue weighted by Gasteiger charge is 2.12. The van der Waals surface area contributed by atoms with E-state index in [0.717, 1.165) is 10.2 Å². The lowest BCUT2D eigenvalue weighted by atomic mass is 10.3. The Balaban J connectivity index is 1.74. The molecular weight excluding hydrogens is 330 g/mol. The molecule has 0 aliphatic rings. The molecule has 0 saturated heterocycles. The van der Waals surface area contributed by atoms with Crippen LogP contribution in [0.15, 0.2) is 40.2 Å². The van der Waals surface area contributed by atoms with Crippen LogP contribution in [-0.4, -0.2) is 19.2 Å². The minimum Gasteiger partial charge on any atom is -0.490 e. The fourth-order valence-electron chi connectivity index (χ4n) is 1.38. The van der Waals surface area contributed by atoms with Crippen molar-refractivity contribution in [1.82, 2.24) is 0 Å². The molecule has 1 aromatic heterocycles. The van der Waals surface area contributed by atoms with Gasteiger partial charge in [-0.2, -0.15) is 0 Å². The zero-order valence-electron chi connectivity index (χ0n) is 9.97. The first-order valence-electron chi connectivity index (χ1n) is 5.55. The fraction of sp³-hybridized carbons (Fsp3) is 0.154. The summed E-state index contributed by atoms with van der Waals surface area (Å²) < 4.78 is 11.5. The van der Waals surface area contributed by atoms with Gasteiger partial charge >= 0.3 is 5.97 Å². The van der Waals surface area contributed by atoms with E-state index >= 15 is 0 Å². The van der Waals surface area contributed by atoms with Gasteiger partial charge in [-0.25, -0.2) is 4.79 Å². The number of esters is 1. The number of carbonyl (C=O) groups excluding carboxylic acids is 1. The van der Waals surface area contributed by atoms with E-state index in [1.807, 2.05) is 24.3 Å². The van der Waals surface area contributed by atoms with E-state index in [4.69, 9.17) is 15.2 Å². The van der Waals surface area contributed by atoms with E-state index in [2.05, 4.69) is 15.9 Å². The highest BCUT2D eigenvalue weighted by molar-refractivity contribution is 9.10. The second-order valence-corrected chi connectivity index (χ2v) is 5.48. The predicted molar refractivity (Wildman–Crippen MR) is 78.7 cm³/mol. The lowest BCUT2D eigenvalue weighted by Crippen LogP contribution is -2.12. The predicted octanol–water partition coefficient (Wildman–Crippen LogP) is 3.33. The standard InChI is InChI=1S/C13H12BrNO3S/c14-9-1-3-10(4-2-9)17-6-7-18-13(16)12-11(15)5-8-19-12/h1-5,8H,6-7,15H2. The molecule has 2 rings (SSSR count). The van der Waals surface area contributed by atoms with Gasteiger partial charge in [0, 0.05) is 4.47 Å². The Morgan fingerprint density at radius 3 is 2.58 bits per heavy atom. The van der Waals surface area contributed by atoms with Crippen molar-refractivity contribution in [3.05, 3.63) is 45.1 Å². The molecule has 2 aromatic rings. The molecule has 0 saturated carbocycles. The van der Waals surface area contributed by atoms with E-state index in [1.165, 1.54) is 11.3 Å². The van der Waals surface area contributed by atoms with Crippen molar-refractivity contribution in [1.29, 1.82) is 0 Å². The van der Waals surface area contributed by atoms with Gasteiger partial charge in [0.2, 0.25) is 0 Å². The molecule has 0 fully saturated rings. The van der Waals surface area contributed by atoms with Gasteiger partial charge in [0.1, 0.15) is 23.8 Å². The summed E-state index contributed by atoms with van der Waals surface area (Å²) in [6.07, 6.45) is 0. The number of thiophene rings is 1. The van der Waals surface area contributed by atoms with Crippen LogP contribution >= 0.6 is 27.3 Å². The number of ether oxygens (including phenoxy) is 2. The summed E-state index contributed by atoms with van der Waals surface area (Å²) in [5.74, 6) is 0.321. The van der Waals surface area contributed by atoms with Crippen molar-refractivity contribution in [3.63, 3.8) is 0 Å². The topological polar surface area (TPSA) is 61.6 Å². The summed E-state index contributed by atoms with van der Waals surface area (Å²) in [7, 11) is 0. The summed E-state index contributed by atoms with van der Waals surface area (Å²) >= 11 is 4.61. The van der Waals surface area contributed by atoms with Crippen LogP contribution in [0.1, 0.15) is 9.67 Å². The molecule has 19 heavy (non-hydrogen) atoms. The molecule has 0 atom stereocenters. The van der Waals surface area contributed by atoms with Gasteiger partial charge in [-0.15, -0.1) is 11.3 Å². The largest absolute Gasteiger partial charge is 0.490 e. The van der Waals surface area contributed by atoms with E-state index in [-0.39, 0.29) is 6.61 Å². The third-order valence-corrected chi connectivity index (χ3v) is 3.72. The quantitative estimate of drug-likeness (QED) is 0.669. The maximum atomic E-state index is 11.6. The molecule has 0 radical (unpaired) electrons. The lowest BCUT2D eigenvalue weighted by molar-refractivity contribution is 0.0457. The molecule has 0 amide bonds. The molecule has 0 unspecified atom stereocenters. The van der Waals surface area contributed by atoms with Crippen molar-refractivity contribution in [2.75, 3.05) is 18.9 Å². The number of nitrogens with two attached hydrogens (primary N) is 1. The molecule has 1 heterocycles. The Morgan fingerprint density at radius 1 is 1.21 bits per heavy atom. The van der Waals surface area contributed by atoms with Gasteiger partial charge in [-0.1, -0.05) is 15.9 Å².